The highest BCUT2D eigenvalue weighted by Crippen LogP contribution is 2.34. The van der Waals surface area contributed by atoms with Gasteiger partial charge in [0.25, 0.3) is 0 Å². The van der Waals surface area contributed by atoms with E-state index in [0.717, 1.165) is 12.1 Å². The number of nitriles is 1. The van der Waals surface area contributed by atoms with Crippen LogP contribution in [0.5, 0.6) is 0 Å². The highest BCUT2D eigenvalue weighted by molar-refractivity contribution is 6.33. The Hall–Kier alpha value is -1.41. The average molecular weight is 277 g/mol. The number of hydrogen-bond donors (Lipinski definition) is 1. The molecule has 0 aliphatic heterocycles. The molecular formula is C12H12ClF3N2. The molecule has 1 atom stereocenters. The maximum Gasteiger partial charge on any atom is 0.416 e. The minimum atomic E-state index is -4.40. The van der Waals surface area contributed by atoms with Gasteiger partial charge in [0, 0.05) is 6.04 Å². The summed E-state index contributed by atoms with van der Waals surface area (Å²) in [6.07, 6.45) is -3.57. The minimum Gasteiger partial charge on any atom is -0.380 e. The summed E-state index contributed by atoms with van der Waals surface area (Å²) < 4.78 is 37.6. The van der Waals surface area contributed by atoms with Crippen LogP contribution in [0, 0.1) is 11.3 Å². The molecule has 0 saturated heterocycles. The molecule has 18 heavy (non-hydrogen) atoms. The Morgan fingerprint density at radius 3 is 2.61 bits per heavy atom. The Labute approximate surface area is 108 Å². The van der Waals surface area contributed by atoms with E-state index < -0.39 is 11.7 Å². The lowest BCUT2D eigenvalue weighted by atomic mass is 10.1. The first-order valence-electron chi connectivity index (χ1n) is 5.38. The summed E-state index contributed by atoms with van der Waals surface area (Å²) >= 11 is 5.83. The zero-order chi connectivity index (χ0) is 13.8. The first-order chi connectivity index (χ1) is 8.38. The van der Waals surface area contributed by atoms with E-state index in [0.29, 0.717) is 6.42 Å². The van der Waals surface area contributed by atoms with Crippen molar-refractivity contribution in [2.75, 3.05) is 5.32 Å². The van der Waals surface area contributed by atoms with E-state index >= 15 is 0 Å². The van der Waals surface area contributed by atoms with E-state index in [2.05, 4.69) is 5.32 Å². The van der Waals surface area contributed by atoms with Crippen LogP contribution in [-0.2, 0) is 6.18 Å². The van der Waals surface area contributed by atoms with E-state index in [-0.39, 0.29) is 23.2 Å². The Morgan fingerprint density at radius 2 is 2.11 bits per heavy atom. The topological polar surface area (TPSA) is 35.8 Å². The van der Waals surface area contributed by atoms with Gasteiger partial charge in [-0.05, 0) is 24.6 Å². The Bertz CT molecular complexity index is 452. The van der Waals surface area contributed by atoms with Crippen molar-refractivity contribution in [2.24, 2.45) is 0 Å². The van der Waals surface area contributed by atoms with E-state index in [9.17, 15) is 13.2 Å². The van der Waals surface area contributed by atoms with Crippen molar-refractivity contribution in [3.63, 3.8) is 0 Å². The van der Waals surface area contributed by atoms with Crippen LogP contribution >= 0.6 is 11.6 Å². The number of halogens is 4. The van der Waals surface area contributed by atoms with E-state index in [4.69, 9.17) is 16.9 Å². The summed E-state index contributed by atoms with van der Waals surface area (Å²) in [5.74, 6) is 0. The number of alkyl halides is 3. The average Bonchev–Trinajstić information content (AvgIpc) is 2.29. The van der Waals surface area contributed by atoms with Gasteiger partial charge in [0.05, 0.1) is 28.8 Å². The first kappa shape index (κ1) is 14.7. The summed E-state index contributed by atoms with van der Waals surface area (Å²) in [6.45, 7) is 1.84. The maximum atomic E-state index is 12.5. The van der Waals surface area contributed by atoms with Crippen molar-refractivity contribution < 1.29 is 13.2 Å². The lowest BCUT2D eigenvalue weighted by Crippen LogP contribution is -2.18. The molecule has 98 valence electrons. The third-order valence-electron chi connectivity index (χ3n) is 2.48. The van der Waals surface area contributed by atoms with Crippen molar-refractivity contribution in [1.29, 1.82) is 5.26 Å². The summed E-state index contributed by atoms with van der Waals surface area (Å²) in [5.41, 5.74) is -0.560. The fraction of sp³-hybridized carbons (Fsp3) is 0.417. The Kier molecular flexibility index (Phi) is 4.85. The highest BCUT2D eigenvalue weighted by atomic mass is 35.5. The molecule has 0 heterocycles. The quantitative estimate of drug-likeness (QED) is 0.881. The summed E-state index contributed by atoms with van der Waals surface area (Å²) in [5, 5.41) is 11.7. The smallest absolute Gasteiger partial charge is 0.380 e. The molecule has 0 fully saturated rings. The fourth-order valence-corrected chi connectivity index (χ4v) is 1.61. The molecular weight excluding hydrogens is 265 g/mol. The Balaban J connectivity index is 2.98. The zero-order valence-corrected chi connectivity index (χ0v) is 10.4. The number of nitrogens with one attached hydrogen (secondary N) is 1. The largest absolute Gasteiger partial charge is 0.416 e. The van der Waals surface area contributed by atoms with Gasteiger partial charge in [0.1, 0.15) is 0 Å². The van der Waals surface area contributed by atoms with Crippen LogP contribution in [0.3, 0.4) is 0 Å². The molecule has 2 nitrogen and oxygen atoms in total. The van der Waals surface area contributed by atoms with Gasteiger partial charge in [-0.3, -0.25) is 0 Å². The van der Waals surface area contributed by atoms with Crippen LogP contribution in [0.15, 0.2) is 18.2 Å². The number of hydrogen-bond acceptors (Lipinski definition) is 2. The first-order valence-corrected chi connectivity index (χ1v) is 5.76. The van der Waals surface area contributed by atoms with Crippen LogP contribution in [0.2, 0.25) is 5.02 Å². The molecule has 0 amide bonds. The third-order valence-corrected chi connectivity index (χ3v) is 2.81. The fourth-order valence-electron chi connectivity index (χ4n) is 1.44. The molecule has 1 N–H and O–H groups in total. The van der Waals surface area contributed by atoms with E-state index in [1.54, 1.807) is 0 Å². The van der Waals surface area contributed by atoms with Crippen LogP contribution in [0.4, 0.5) is 18.9 Å². The molecule has 0 radical (unpaired) electrons. The number of anilines is 1. The molecule has 0 saturated carbocycles. The van der Waals surface area contributed by atoms with Crippen molar-refractivity contribution in [3.05, 3.63) is 28.8 Å². The van der Waals surface area contributed by atoms with Crippen molar-refractivity contribution in [2.45, 2.75) is 32.0 Å². The number of rotatable bonds is 4. The SMILES string of the molecule is CCC(CC#N)Nc1cc(C(F)(F)F)ccc1Cl. The van der Waals surface area contributed by atoms with Crippen LogP contribution in [-0.4, -0.2) is 6.04 Å². The predicted molar refractivity (Wildman–Crippen MR) is 64.4 cm³/mol. The lowest BCUT2D eigenvalue weighted by Gasteiger charge is -2.17. The van der Waals surface area contributed by atoms with Gasteiger partial charge in [0.2, 0.25) is 0 Å². The summed E-state index contributed by atoms with van der Waals surface area (Å²) in [7, 11) is 0. The second kappa shape index (κ2) is 5.96. The normalized spacial score (nSPS) is 12.9. The molecule has 1 aromatic rings. The maximum absolute atomic E-state index is 12.5. The predicted octanol–water partition coefficient (Wildman–Crippen LogP) is 4.46. The van der Waals surface area contributed by atoms with Crippen LogP contribution in [0.25, 0.3) is 0 Å². The lowest BCUT2D eigenvalue weighted by molar-refractivity contribution is -0.137. The van der Waals surface area contributed by atoms with Crippen molar-refractivity contribution in [3.8, 4) is 6.07 Å². The molecule has 0 spiro atoms. The molecule has 1 rings (SSSR count). The zero-order valence-electron chi connectivity index (χ0n) is 9.68. The highest BCUT2D eigenvalue weighted by Gasteiger charge is 2.31. The van der Waals surface area contributed by atoms with Gasteiger partial charge >= 0.3 is 6.18 Å². The van der Waals surface area contributed by atoms with Crippen molar-refractivity contribution in [1.82, 2.24) is 0 Å². The molecule has 6 heteroatoms. The third kappa shape index (κ3) is 3.81. The minimum absolute atomic E-state index is 0.202. The summed E-state index contributed by atoms with van der Waals surface area (Å²) in [6, 6.07) is 4.85. The van der Waals surface area contributed by atoms with Gasteiger partial charge in [-0.15, -0.1) is 0 Å². The molecule has 1 aromatic carbocycles. The van der Waals surface area contributed by atoms with Crippen molar-refractivity contribution >= 4 is 17.3 Å². The Morgan fingerprint density at radius 1 is 1.44 bits per heavy atom. The van der Waals surface area contributed by atoms with Gasteiger partial charge in [-0.2, -0.15) is 18.4 Å². The number of benzene rings is 1. The molecule has 0 aromatic heterocycles. The van der Waals surface area contributed by atoms with E-state index in [1.807, 2.05) is 13.0 Å². The summed E-state index contributed by atoms with van der Waals surface area (Å²) in [4.78, 5) is 0. The second-order valence-electron chi connectivity index (χ2n) is 3.80. The molecule has 0 bridgehead atoms. The standard InChI is InChI=1S/C12H12ClF3N2/c1-2-9(5-6-17)18-11-7-8(12(14,15)16)3-4-10(11)13/h3-4,7,9,18H,2,5H2,1H3. The van der Waals surface area contributed by atoms with Gasteiger partial charge in [-0.25, -0.2) is 0 Å². The van der Waals surface area contributed by atoms with Gasteiger partial charge in [-0.1, -0.05) is 18.5 Å². The van der Waals surface area contributed by atoms with Crippen LogP contribution < -0.4 is 5.32 Å². The van der Waals surface area contributed by atoms with E-state index in [1.165, 1.54) is 6.07 Å². The second-order valence-corrected chi connectivity index (χ2v) is 4.21. The molecule has 0 aliphatic rings. The molecule has 0 aliphatic carbocycles. The van der Waals surface area contributed by atoms with Gasteiger partial charge in [0.15, 0.2) is 0 Å². The monoisotopic (exact) mass is 276 g/mol. The molecule has 1 unspecified atom stereocenters. The van der Waals surface area contributed by atoms with Gasteiger partial charge < -0.3 is 5.32 Å². The van der Waals surface area contributed by atoms with Crippen LogP contribution in [0.1, 0.15) is 25.3 Å². The number of nitrogens with zero attached hydrogens (tertiary/aromatic N) is 1.